The third-order valence-corrected chi connectivity index (χ3v) is 2.03. The third-order valence-electron chi connectivity index (χ3n) is 2.03. The zero-order chi connectivity index (χ0) is 9.35. The van der Waals surface area contributed by atoms with Crippen LogP contribution in [0.2, 0.25) is 0 Å². The Labute approximate surface area is 72.1 Å². The van der Waals surface area contributed by atoms with E-state index in [1.807, 2.05) is 0 Å². The molecule has 0 aromatic carbocycles. The van der Waals surface area contributed by atoms with Gasteiger partial charge in [-0.1, -0.05) is 0 Å². The molecule has 0 spiro atoms. The summed E-state index contributed by atoms with van der Waals surface area (Å²) in [5.74, 6) is -0.0719. The highest BCUT2D eigenvalue weighted by Gasteiger charge is 2.41. The van der Waals surface area contributed by atoms with Crippen molar-refractivity contribution in [3.8, 4) is 0 Å². The van der Waals surface area contributed by atoms with Gasteiger partial charge in [0, 0.05) is 6.04 Å². The largest absolute Gasteiger partial charge is 0.394 e. The van der Waals surface area contributed by atoms with Crippen molar-refractivity contribution in [1.29, 1.82) is 0 Å². The van der Waals surface area contributed by atoms with Crippen LogP contribution in [0.1, 0.15) is 20.3 Å². The summed E-state index contributed by atoms with van der Waals surface area (Å²) >= 11 is 0. The average molecular weight is 172 g/mol. The fraction of sp³-hybridized carbons (Fsp3) is 0.875. The molecule has 4 N–H and O–H groups in total. The van der Waals surface area contributed by atoms with E-state index in [1.54, 1.807) is 13.8 Å². The number of nitrogens with one attached hydrogen (secondary N) is 1. The number of aliphatic hydroxyl groups is 1. The number of rotatable bonds is 3. The maximum Gasteiger partial charge on any atom is 0.225 e. The molecule has 1 amide bonds. The van der Waals surface area contributed by atoms with Crippen LogP contribution in [-0.2, 0) is 4.79 Å². The molecule has 0 aliphatic heterocycles. The Hall–Kier alpha value is -0.610. The van der Waals surface area contributed by atoms with Gasteiger partial charge < -0.3 is 16.2 Å². The molecule has 70 valence electrons. The molecule has 0 heterocycles. The Bertz CT molecular complexity index is 191. The van der Waals surface area contributed by atoms with E-state index in [9.17, 15) is 4.79 Å². The van der Waals surface area contributed by atoms with Crippen LogP contribution in [0.3, 0.4) is 0 Å². The molecule has 1 fully saturated rings. The lowest BCUT2D eigenvalue weighted by Gasteiger charge is -2.23. The number of carbonyl (C=O) groups is 1. The first-order chi connectivity index (χ1) is 5.46. The van der Waals surface area contributed by atoms with E-state index < -0.39 is 5.54 Å². The maximum atomic E-state index is 11.3. The molecule has 1 aliphatic rings. The molecular weight excluding hydrogens is 156 g/mol. The summed E-state index contributed by atoms with van der Waals surface area (Å²) in [6.07, 6.45) is 0.771. The van der Waals surface area contributed by atoms with Crippen LogP contribution in [0.25, 0.3) is 0 Å². The highest BCUT2D eigenvalue weighted by molar-refractivity contribution is 5.82. The highest BCUT2D eigenvalue weighted by Crippen LogP contribution is 2.28. The summed E-state index contributed by atoms with van der Waals surface area (Å²) < 4.78 is 0. The zero-order valence-electron chi connectivity index (χ0n) is 7.50. The number of aliphatic hydroxyl groups excluding tert-OH is 1. The fourth-order valence-electron chi connectivity index (χ4n) is 0.982. The molecule has 4 heteroatoms. The molecular formula is C8H16N2O2. The van der Waals surface area contributed by atoms with Gasteiger partial charge in [-0.05, 0) is 20.3 Å². The van der Waals surface area contributed by atoms with Crippen LogP contribution in [0.4, 0.5) is 0 Å². The van der Waals surface area contributed by atoms with Crippen LogP contribution < -0.4 is 11.1 Å². The minimum absolute atomic E-state index is 0.0273. The van der Waals surface area contributed by atoms with Gasteiger partial charge in [0.1, 0.15) is 0 Å². The normalized spacial score (nSPS) is 28.3. The van der Waals surface area contributed by atoms with Gasteiger partial charge in [-0.15, -0.1) is 0 Å². The Kier molecular flexibility index (Phi) is 2.39. The van der Waals surface area contributed by atoms with Gasteiger partial charge in [-0.3, -0.25) is 4.79 Å². The SMILES string of the molecule is CC(C)(CO)NC(=O)C1CC1N. The first kappa shape index (κ1) is 9.48. The van der Waals surface area contributed by atoms with E-state index in [2.05, 4.69) is 5.32 Å². The minimum atomic E-state index is -0.528. The lowest BCUT2D eigenvalue weighted by atomic mass is 10.1. The Morgan fingerprint density at radius 2 is 2.25 bits per heavy atom. The zero-order valence-corrected chi connectivity index (χ0v) is 7.50. The van der Waals surface area contributed by atoms with Crippen LogP contribution in [0, 0.1) is 5.92 Å². The Balaban J connectivity index is 2.36. The second-order valence-corrected chi connectivity index (χ2v) is 4.04. The van der Waals surface area contributed by atoms with Gasteiger partial charge in [0.25, 0.3) is 0 Å². The quantitative estimate of drug-likeness (QED) is 0.523. The number of hydrogen-bond acceptors (Lipinski definition) is 3. The second-order valence-electron chi connectivity index (χ2n) is 4.04. The van der Waals surface area contributed by atoms with Gasteiger partial charge in [-0.2, -0.15) is 0 Å². The second kappa shape index (κ2) is 3.03. The van der Waals surface area contributed by atoms with E-state index in [-0.39, 0.29) is 24.5 Å². The van der Waals surface area contributed by atoms with E-state index in [1.165, 1.54) is 0 Å². The topological polar surface area (TPSA) is 75.3 Å². The molecule has 0 bridgehead atoms. The van der Waals surface area contributed by atoms with Crippen LogP contribution >= 0.6 is 0 Å². The van der Waals surface area contributed by atoms with Crippen molar-refractivity contribution in [1.82, 2.24) is 5.32 Å². The minimum Gasteiger partial charge on any atom is -0.394 e. The maximum absolute atomic E-state index is 11.3. The summed E-state index contributed by atoms with van der Waals surface area (Å²) in [6.45, 7) is 3.50. The number of nitrogens with two attached hydrogens (primary N) is 1. The average Bonchev–Trinajstić information content (AvgIpc) is 2.66. The van der Waals surface area contributed by atoms with Crippen molar-refractivity contribution in [2.45, 2.75) is 31.8 Å². The molecule has 0 aromatic rings. The Morgan fingerprint density at radius 3 is 2.58 bits per heavy atom. The van der Waals surface area contributed by atoms with Gasteiger partial charge in [-0.25, -0.2) is 0 Å². The number of hydrogen-bond donors (Lipinski definition) is 3. The van der Waals surface area contributed by atoms with Crippen LogP contribution in [0.5, 0.6) is 0 Å². The Morgan fingerprint density at radius 1 is 1.75 bits per heavy atom. The summed E-state index contributed by atoms with van der Waals surface area (Å²) in [4.78, 5) is 11.3. The molecule has 1 aliphatic carbocycles. The van der Waals surface area contributed by atoms with Gasteiger partial charge in [0.15, 0.2) is 0 Å². The van der Waals surface area contributed by atoms with Crippen LogP contribution in [0.15, 0.2) is 0 Å². The number of amides is 1. The van der Waals surface area contributed by atoms with E-state index >= 15 is 0 Å². The molecule has 2 atom stereocenters. The van der Waals surface area contributed by atoms with E-state index in [4.69, 9.17) is 10.8 Å². The molecule has 1 saturated carbocycles. The smallest absolute Gasteiger partial charge is 0.225 e. The summed E-state index contributed by atoms with van der Waals surface area (Å²) in [7, 11) is 0. The first-order valence-electron chi connectivity index (χ1n) is 4.15. The van der Waals surface area contributed by atoms with Gasteiger partial charge >= 0.3 is 0 Å². The summed E-state index contributed by atoms with van der Waals surface area (Å²) in [6, 6.07) is 0.0273. The lowest BCUT2D eigenvalue weighted by Crippen LogP contribution is -2.47. The van der Waals surface area contributed by atoms with Crippen LogP contribution in [-0.4, -0.2) is 29.2 Å². The summed E-state index contributed by atoms with van der Waals surface area (Å²) in [5.41, 5.74) is 4.98. The first-order valence-corrected chi connectivity index (χ1v) is 4.15. The molecule has 0 aromatic heterocycles. The van der Waals surface area contributed by atoms with Crippen molar-refractivity contribution < 1.29 is 9.90 Å². The highest BCUT2D eigenvalue weighted by atomic mass is 16.3. The molecule has 4 nitrogen and oxygen atoms in total. The monoisotopic (exact) mass is 172 g/mol. The van der Waals surface area contributed by atoms with Crippen molar-refractivity contribution in [3.63, 3.8) is 0 Å². The predicted octanol–water partition coefficient (Wildman–Crippen LogP) is -0.779. The third kappa shape index (κ3) is 2.19. The predicted molar refractivity (Wildman–Crippen MR) is 45.4 cm³/mol. The van der Waals surface area contributed by atoms with Crippen molar-refractivity contribution in [2.75, 3.05) is 6.61 Å². The molecule has 12 heavy (non-hydrogen) atoms. The van der Waals surface area contributed by atoms with Crippen molar-refractivity contribution in [2.24, 2.45) is 11.7 Å². The van der Waals surface area contributed by atoms with E-state index in [0.717, 1.165) is 6.42 Å². The van der Waals surface area contributed by atoms with E-state index in [0.29, 0.717) is 0 Å². The molecule has 1 rings (SSSR count). The fourth-order valence-corrected chi connectivity index (χ4v) is 0.982. The van der Waals surface area contributed by atoms with Crippen molar-refractivity contribution >= 4 is 5.91 Å². The van der Waals surface area contributed by atoms with Gasteiger partial charge in [0.2, 0.25) is 5.91 Å². The lowest BCUT2D eigenvalue weighted by molar-refractivity contribution is -0.124. The van der Waals surface area contributed by atoms with Gasteiger partial charge in [0.05, 0.1) is 18.1 Å². The summed E-state index contributed by atoms with van der Waals surface area (Å²) in [5, 5.41) is 11.6. The molecule has 0 radical (unpaired) electrons. The standard InChI is InChI=1S/C8H16N2O2/c1-8(2,4-11)10-7(12)5-3-6(5)9/h5-6,11H,3-4,9H2,1-2H3,(H,10,12). The molecule has 2 unspecified atom stereocenters. The molecule has 0 saturated heterocycles. The number of carbonyl (C=O) groups excluding carboxylic acids is 1. The van der Waals surface area contributed by atoms with Crippen molar-refractivity contribution in [3.05, 3.63) is 0 Å².